The summed E-state index contributed by atoms with van der Waals surface area (Å²) in [6.45, 7) is 3.73. The summed E-state index contributed by atoms with van der Waals surface area (Å²) in [6.07, 6.45) is 9.63. The lowest BCUT2D eigenvalue weighted by Gasteiger charge is -2.49. The summed E-state index contributed by atoms with van der Waals surface area (Å²) in [4.78, 5) is 15.4. The number of rotatable bonds is 5. The van der Waals surface area contributed by atoms with Gasteiger partial charge < -0.3 is 14.2 Å². The maximum atomic E-state index is 12.7. The minimum atomic E-state index is -0.353. The number of fused-ring (bicyclic) bond motifs is 5. The van der Waals surface area contributed by atoms with E-state index in [4.69, 9.17) is 14.2 Å². The topological polar surface area (TPSA) is 60.0 Å². The molecule has 2 saturated heterocycles. The van der Waals surface area contributed by atoms with Crippen LogP contribution in [0.1, 0.15) is 58.3 Å². The minimum Gasteiger partial charge on any atom is -0.454 e. The van der Waals surface area contributed by atoms with Gasteiger partial charge in [0.25, 0.3) is 0 Å². The first-order valence-corrected chi connectivity index (χ1v) is 11.4. The number of hydrogen-bond donors (Lipinski definition) is 1. The summed E-state index contributed by atoms with van der Waals surface area (Å²) in [7, 11) is 0. The van der Waals surface area contributed by atoms with Gasteiger partial charge in [0.2, 0.25) is 6.79 Å². The second-order valence-electron chi connectivity index (χ2n) is 9.04. The van der Waals surface area contributed by atoms with Crippen LogP contribution in [-0.4, -0.2) is 42.5 Å². The Bertz CT molecular complexity index is 754. The Kier molecular flexibility index (Phi) is 5.29. The van der Waals surface area contributed by atoms with Crippen LogP contribution < -0.4 is 14.8 Å². The maximum absolute atomic E-state index is 12.7. The molecule has 1 amide bonds. The highest BCUT2D eigenvalue weighted by molar-refractivity contribution is 5.85. The van der Waals surface area contributed by atoms with Gasteiger partial charge in [-0.25, -0.2) is 4.79 Å². The molecule has 5 atom stereocenters. The molecule has 158 valence electrons. The molecule has 1 aromatic carbocycles. The summed E-state index contributed by atoms with van der Waals surface area (Å²) in [5, 5.41) is 2.89. The van der Waals surface area contributed by atoms with Crippen LogP contribution in [0.2, 0.25) is 0 Å². The van der Waals surface area contributed by atoms with Gasteiger partial charge in [0.15, 0.2) is 11.5 Å². The molecular formula is C23H32N2O4. The molecule has 0 aromatic heterocycles. The lowest BCUT2D eigenvalue weighted by atomic mass is 9.79. The predicted octanol–water partition coefficient (Wildman–Crippen LogP) is 4.79. The molecule has 5 rings (SSSR count). The van der Waals surface area contributed by atoms with E-state index >= 15 is 0 Å². The molecule has 29 heavy (non-hydrogen) atoms. The zero-order chi connectivity index (χ0) is 19.8. The molecule has 3 aliphatic heterocycles. The Labute approximate surface area is 172 Å². The zero-order valence-corrected chi connectivity index (χ0v) is 17.3. The van der Waals surface area contributed by atoms with E-state index in [9.17, 15) is 4.79 Å². The Balaban J connectivity index is 1.25. The fourth-order valence-electron chi connectivity index (χ4n) is 6.12. The van der Waals surface area contributed by atoms with Gasteiger partial charge in [0.1, 0.15) is 6.10 Å². The second kappa shape index (κ2) is 8.05. The maximum Gasteiger partial charge on any atom is 0.411 e. The molecule has 6 heteroatoms. The molecule has 1 aromatic rings. The van der Waals surface area contributed by atoms with E-state index in [1.807, 2.05) is 12.1 Å². The first kappa shape index (κ1) is 19.0. The predicted molar refractivity (Wildman–Crippen MR) is 110 cm³/mol. The van der Waals surface area contributed by atoms with Crippen molar-refractivity contribution in [2.75, 3.05) is 18.7 Å². The van der Waals surface area contributed by atoms with Gasteiger partial charge in [-0.2, -0.15) is 0 Å². The van der Waals surface area contributed by atoms with E-state index in [1.165, 1.54) is 51.5 Å². The number of carbonyl (C=O) groups is 1. The van der Waals surface area contributed by atoms with Crippen molar-refractivity contribution in [2.45, 2.75) is 76.5 Å². The fourth-order valence-corrected chi connectivity index (χ4v) is 6.12. The minimum absolute atomic E-state index is 0.0336. The SMILES string of the molecule is CCCC[C@H]1C2CC(OC(=O)Nc3ccc4c(c3)OCO4)C(C2)[C@H]2CCCCN21. The normalized spacial score (nSPS) is 32.7. The average molecular weight is 401 g/mol. The molecule has 0 spiro atoms. The highest BCUT2D eigenvalue weighted by atomic mass is 16.7. The van der Waals surface area contributed by atoms with Gasteiger partial charge in [0, 0.05) is 29.8 Å². The number of carbonyl (C=O) groups excluding carboxylic acids is 1. The largest absolute Gasteiger partial charge is 0.454 e. The van der Waals surface area contributed by atoms with Crippen LogP contribution in [0.5, 0.6) is 11.5 Å². The number of unbranched alkanes of at least 4 members (excludes halogenated alkanes) is 1. The van der Waals surface area contributed by atoms with E-state index in [1.54, 1.807) is 6.07 Å². The first-order chi connectivity index (χ1) is 14.2. The van der Waals surface area contributed by atoms with Crippen LogP contribution in [0.4, 0.5) is 10.5 Å². The monoisotopic (exact) mass is 400 g/mol. The van der Waals surface area contributed by atoms with Crippen molar-refractivity contribution in [3.63, 3.8) is 0 Å². The smallest absolute Gasteiger partial charge is 0.411 e. The third-order valence-corrected chi connectivity index (χ3v) is 7.37. The zero-order valence-electron chi connectivity index (χ0n) is 17.3. The molecule has 3 unspecified atom stereocenters. The van der Waals surface area contributed by atoms with E-state index in [0.717, 1.165) is 6.42 Å². The second-order valence-corrected chi connectivity index (χ2v) is 9.04. The van der Waals surface area contributed by atoms with Crippen molar-refractivity contribution >= 4 is 11.8 Å². The number of amides is 1. The first-order valence-electron chi connectivity index (χ1n) is 11.4. The molecule has 1 saturated carbocycles. The van der Waals surface area contributed by atoms with Crippen LogP contribution in [0.25, 0.3) is 0 Å². The molecule has 3 fully saturated rings. The van der Waals surface area contributed by atoms with Gasteiger partial charge in [-0.1, -0.05) is 26.2 Å². The van der Waals surface area contributed by atoms with Gasteiger partial charge in [0.05, 0.1) is 0 Å². The number of nitrogens with zero attached hydrogens (tertiary/aromatic N) is 1. The number of benzene rings is 1. The molecule has 3 heterocycles. The van der Waals surface area contributed by atoms with Gasteiger partial charge in [-0.05, 0) is 56.7 Å². The summed E-state index contributed by atoms with van der Waals surface area (Å²) in [5.41, 5.74) is 0.681. The molecule has 4 aliphatic rings. The van der Waals surface area contributed by atoms with E-state index in [-0.39, 0.29) is 19.0 Å². The molecule has 6 nitrogen and oxygen atoms in total. The van der Waals surface area contributed by atoms with Crippen molar-refractivity contribution in [3.05, 3.63) is 18.2 Å². The quantitative estimate of drug-likeness (QED) is 0.770. The lowest BCUT2D eigenvalue weighted by molar-refractivity contribution is -0.0177. The summed E-state index contributed by atoms with van der Waals surface area (Å²) in [5.74, 6) is 2.53. The van der Waals surface area contributed by atoms with Crippen LogP contribution in [0.15, 0.2) is 18.2 Å². The highest BCUT2D eigenvalue weighted by Crippen LogP contribution is 2.49. The Morgan fingerprint density at radius 3 is 3.03 bits per heavy atom. The molecular weight excluding hydrogens is 368 g/mol. The van der Waals surface area contributed by atoms with Crippen LogP contribution in [0, 0.1) is 11.8 Å². The Morgan fingerprint density at radius 2 is 2.14 bits per heavy atom. The number of ether oxygens (including phenoxy) is 3. The number of piperidine rings is 2. The number of nitrogens with one attached hydrogen (secondary N) is 1. The van der Waals surface area contributed by atoms with E-state index < -0.39 is 0 Å². The average Bonchev–Trinajstić information content (AvgIpc) is 3.33. The number of anilines is 1. The summed E-state index contributed by atoms with van der Waals surface area (Å²) >= 11 is 0. The molecule has 1 N–H and O–H groups in total. The van der Waals surface area contributed by atoms with Crippen LogP contribution in [-0.2, 0) is 4.74 Å². The third-order valence-electron chi connectivity index (χ3n) is 7.37. The highest BCUT2D eigenvalue weighted by Gasteiger charge is 2.52. The fraction of sp³-hybridized carbons (Fsp3) is 0.696. The third kappa shape index (κ3) is 3.67. The number of hydrogen-bond acceptors (Lipinski definition) is 5. The van der Waals surface area contributed by atoms with E-state index in [2.05, 4.69) is 17.1 Å². The van der Waals surface area contributed by atoms with Crippen molar-refractivity contribution in [1.82, 2.24) is 4.90 Å². The van der Waals surface area contributed by atoms with Crippen LogP contribution in [0.3, 0.4) is 0 Å². The van der Waals surface area contributed by atoms with Crippen molar-refractivity contribution in [2.24, 2.45) is 11.8 Å². The van der Waals surface area contributed by atoms with Crippen molar-refractivity contribution in [1.29, 1.82) is 0 Å². The Morgan fingerprint density at radius 1 is 1.24 bits per heavy atom. The molecule has 2 bridgehead atoms. The molecule has 1 aliphatic carbocycles. The summed E-state index contributed by atoms with van der Waals surface area (Å²) < 4.78 is 16.7. The van der Waals surface area contributed by atoms with Crippen LogP contribution >= 0.6 is 0 Å². The van der Waals surface area contributed by atoms with Gasteiger partial charge >= 0.3 is 6.09 Å². The van der Waals surface area contributed by atoms with E-state index in [0.29, 0.717) is 41.1 Å². The van der Waals surface area contributed by atoms with Gasteiger partial charge in [-0.3, -0.25) is 10.2 Å². The van der Waals surface area contributed by atoms with Crippen molar-refractivity contribution < 1.29 is 19.0 Å². The van der Waals surface area contributed by atoms with Gasteiger partial charge in [-0.15, -0.1) is 0 Å². The lowest BCUT2D eigenvalue weighted by Crippen LogP contribution is -2.55. The standard InChI is InChI=1S/C23H32N2O4/c1-2-3-6-18-15-11-17(19-7-4-5-10-25(18)19)21(12-15)29-23(26)24-16-8-9-20-22(13-16)28-14-27-20/h8-9,13,15,17-19,21H,2-7,10-12,14H2,1H3,(H,24,26)/t15?,17?,18-,19+,21?/m0/s1. The Hall–Kier alpha value is -1.95. The molecule has 0 radical (unpaired) electrons. The van der Waals surface area contributed by atoms with Crippen molar-refractivity contribution in [3.8, 4) is 11.5 Å². The summed E-state index contributed by atoms with van der Waals surface area (Å²) in [6, 6.07) is 6.71.